The van der Waals surface area contributed by atoms with Crippen molar-refractivity contribution in [1.29, 1.82) is 0 Å². The second kappa shape index (κ2) is 6.57. The molecule has 0 aliphatic carbocycles. The van der Waals surface area contributed by atoms with Crippen LogP contribution >= 0.6 is 0 Å². The fraction of sp³-hybridized carbons (Fsp3) is 0.929. The van der Waals surface area contributed by atoms with E-state index in [4.69, 9.17) is 4.74 Å². The van der Waals surface area contributed by atoms with Gasteiger partial charge in [-0.2, -0.15) is 0 Å². The number of likely N-dealkylation sites (tertiary alicyclic amines) is 1. The Labute approximate surface area is 117 Å². The van der Waals surface area contributed by atoms with Crippen LogP contribution in [0.5, 0.6) is 0 Å². The molecule has 112 valence electrons. The topological polar surface area (TPSA) is 44.8 Å². The molecule has 0 bridgehead atoms. The first kappa shape index (κ1) is 16.2. The van der Waals surface area contributed by atoms with Crippen molar-refractivity contribution >= 4 is 6.09 Å². The fourth-order valence-electron chi connectivity index (χ4n) is 1.79. The lowest BCUT2D eigenvalue weighted by molar-refractivity contribution is 0.00518. The fourth-order valence-corrected chi connectivity index (χ4v) is 1.79. The van der Waals surface area contributed by atoms with E-state index in [0.717, 1.165) is 26.2 Å². The molecule has 5 heteroatoms. The van der Waals surface area contributed by atoms with Gasteiger partial charge in [-0.1, -0.05) is 0 Å². The van der Waals surface area contributed by atoms with Crippen LogP contribution in [0.2, 0.25) is 0 Å². The summed E-state index contributed by atoms with van der Waals surface area (Å²) in [5.74, 6) is 0. The van der Waals surface area contributed by atoms with Crippen LogP contribution in [0.15, 0.2) is 0 Å². The van der Waals surface area contributed by atoms with E-state index in [1.165, 1.54) is 0 Å². The van der Waals surface area contributed by atoms with Crippen molar-refractivity contribution in [2.24, 2.45) is 0 Å². The molecule has 1 rings (SSSR count). The van der Waals surface area contributed by atoms with Gasteiger partial charge in [0.25, 0.3) is 0 Å². The molecule has 1 amide bonds. The van der Waals surface area contributed by atoms with Gasteiger partial charge < -0.3 is 19.9 Å². The Kier molecular flexibility index (Phi) is 5.62. The minimum absolute atomic E-state index is 0.204. The lowest BCUT2D eigenvalue weighted by atomic mass is 10.1. The number of carbonyl (C=O) groups is 1. The third kappa shape index (κ3) is 5.78. The Balaban J connectivity index is 2.12. The largest absolute Gasteiger partial charge is 0.444 e. The van der Waals surface area contributed by atoms with Gasteiger partial charge in [0.05, 0.1) is 0 Å². The van der Waals surface area contributed by atoms with Gasteiger partial charge >= 0.3 is 6.09 Å². The monoisotopic (exact) mass is 271 g/mol. The van der Waals surface area contributed by atoms with Crippen LogP contribution in [0.3, 0.4) is 0 Å². The van der Waals surface area contributed by atoms with Crippen LogP contribution in [0, 0.1) is 0 Å². The van der Waals surface area contributed by atoms with Crippen molar-refractivity contribution in [3.63, 3.8) is 0 Å². The molecule has 1 N–H and O–H groups in total. The highest BCUT2D eigenvalue weighted by Gasteiger charge is 2.33. The van der Waals surface area contributed by atoms with Crippen molar-refractivity contribution in [3.05, 3.63) is 0 Å². The zero-order valence-electron chi connectivity index (χ0n) is 13.2. The summed E-state index contributed by atoms with van der Waals surface area (Å²) in [6.07, 6.45) is -0.204. The zero-order valence-corrected chi connectivity index (χ0v) is 13.2. The first-order valence-electron chi connectivity index (χ1n) is 7.10. The molecule has 0 aromatic heterocycles. The number of hydrogen-bond donors (Lipinski definition) is 1. The number of nitrogens with zero attached hydrogens (tertiary/aromatic N) is 2. The van der Waals surface area contributed by atoms with E-state index in [2.05, 4.69) is 31.1 Å². The Morgan fingerprint density at radius 2 is 2.00 bits per heavy atom. The second-order valence-corrected chi connectivity index (χ2v) is 6.61. The molecule has 1 saturated heterocycles. The normalized spacial score (nSPS) is 16.9. The summed E-state index contributed by atoms with van der Waals surface area (Å²) in [6.45, 7) is 13.5. The molecular formula is C14H29N3O2. The van der Waals surface area contributed by atoms with E-state index in [1.54, 1.807) is 4.90 Å². The molecule has 0 aromatic rings. The van der Waals surface area contributed by atoms with Crippen LogP contribution < -0.4 is 5.32 Å². The van der Waals surface area contributed by atoms with E-state index in [0.29, 0.717) is 12.1 Å². The smallest absolute Gasteiger partial charge is 0.410 e. The quantitative estimate of drug-likeness (QED) is 0.824. The predicted octanol–water partition coefficient (Wildman–Crippen LogP) is 1.54. The Bertz CT molecular complexity index is 294. The number of carbonyl (C=O) groups excluding carboxylic acids is 1. The van der Waals surface area contributed by atoms with Gasteiger partial charge in [0.15, 0.2) is 0 Å². The molecule has 0 saturated carbocycles. The second-order valence-electron chi connectivity index (χ2n) is 6.61. The van der Waals surface area contributed by atoms with Gasteiger partial charge in [-0.05, 0) is 41.7 Å². The number of nitrogens with one attached hydrogen (secondary N) is 1. The van der Waals surface area contributed by atoms with Crippen LogP contribution in [-0.4, -0.2) is 66.8 Å². The number of hydrogen-bond acceptors (Lipinski definition) is 4. The summed E-state index contributed by atoms with van der Waals surface area (Å²) in [4.78, 5) is 15.8. The average molecular weight is 271 g/mol. The number of rotatable bonds is 5. The standard InChI is InChI=1S/C14H29N3O2/c1-11(2)16(6)8-7-15-12-9-17(10-12)13(18)19-14(3,4)5/h11-12,15H,7-10H2,1-6H3. The molecule has 5 nitrogen and oxygen atoms in total. The van der Waals surface area contributed by atoms with E-state index in [9.17, 15) is 4.79 Å². The van der Waals surface area contributed by atoms with Crippen LogP contribution in [0.1, 0.15) is 34.6 Å². The van der Waals surface area contributed by atoms with Gasteiger partial charge in [-0.25, -0.2) is 4.79 Å². The maximum atomic E-state index is 11.7. The summed E-state index contributed by atoms with van der Waals surface area (Å²) >= 11 is 0. The van der Waals surface area contributed by atoms with Crippen LogP contribution in [0.25, 0.3) is 0 Å². The summed E-state index contributed by atoms with van der Waals surface area (Å²) in [6, 6.07) is 0.981. The summed E-state index contributed by atoms with van der Waals surface area (Å²) in [5.41, 5.74) is -0.407. The van der Waals surface area contributed by atoms with Gasteiger partial charge in [-0.15, -0.1) is 0 Å². The molecule has 1 fully saturated rings. The van der Waals surface area contributed by atoms with Crippen LogP contribution in [-0.2, 0) is 4.74 Å². The Morgan fingerprint density at radius 1 is 1.42 bits per heavy atom. The molecule has 0 radical (unpaired) electrons. The zero-order chi connectivity index (χ0) is 14.6. The van der Waals surface area contributed by atoms with E-state index < -0.39 is 5.60 Å². The number of ether oxygens (including phenoxy) is 1. The third-order valence-electron chi connectivity index (χ3n) is 3.31. The third-order valence-corrected chi connectivity index (χ3v) is 3.31. The predicted molar refractivity (Wildman–Crippen MR) is 77.4 cm³/mol. The maximum Gasteiger partial charge on any atom is 0.410 e. The molecule has 1 heterocycles. The van der Waals surface area contributed by atoms with Gasteiger partial charge in [0, 0.05) is 38.3 Å². The maximum absolute atomic E-state index is 11.7. The molecule has 0 aromatic carbocycles. The minimum atomic E-state index is -0.407. The average Bonchev–Trinajstić information content (AvgIpc) is 2.17. The number of likely N-dealkylation sites (N-methyl/N-ethyl adjacent to an activating group) is 1. The van der Waals surface area contributed by atoms with Crippen molar-refractivity contribution < 1.29 is 9.53 Å². The van der Waals surface area contributed by atoms with E-state index >= 15 is 0 Å². The van der Waals surface area contributed by atoms with Crippen molar-refractivity contribution in [2.45, 2.75) is 52.3 Å². The Hall–Kier alpha value is -0.810. The minimum Gasteiger partial charge on any atom is -0.444 e. The van der Waals surface area contributed by atoms with E-state index in [-0.39, 0.29) is 6.09 Å². The summed E-state index contributed by atoms with van der Waals surface area (Å²) in [5, 5.41) is 3.46. The highest BCUT2D eigenvalue weighted by atomic mass is 16.6. The van der Waals surface area contributed by atoms with Gasteiger partial charge in [0.1, 0.15) is 5.60 Å². The van der Waals surface area contributed by atoms with Gasteiger partial charge in [0.2, 0.25) is 0 Å². The summed E-state index contributed by atoms with van der Waals surface area (Å²) in [7, 11) is 2.13. The molecule has 19 heavy (non-hydrogen) atoms. The molecule has 0 unspecified atom stereocenters. The van der Waals surface area contributed by atoms with Crippen molar-refractivity contribution in [2.75, 3.05) is 33.2 Å². The molecule has 0 atom stereocenters. The molecule has 1 aliphatic rings. The molecule has 0 spiro atoms. The first-order chi connectivity index (χ1) is 8.69. The highest BCUT2D eigenvalue weighted by molar-refractivity contribution is 5.69. The lowest BCUT2D eigenvalue weighted by Crippen LogP contribution is -2.61. The highest BCUT2D eigenvalue weighted by Crippen LogP contribution is 2.14. The Morgan fingerprint density at radius 3 is 2.47 bits per heavy atom. The van der Waals surface area contributed by atoms with Crippen LogP contribution in [0.4, 0.5) is 4.79 Å². The first-order valence-corrected chi connectivity index (χ1v) is 7.10. The molecule has 1 aliphatic heterocycles. The molecular weight excluding hydrogens is 242 g/mol. The van der Waals surface area contributed by atoms with Gasteiger partial charge in [-0.3, -0.25) is 0 Å². The summed E-state index contributed by atoms with van der Waals surface area (Å²) < 4.78 is 5.32. The van der Waals surface area contributed by atoms with Crippen molar-refractivity contribution in [3.8, 4) is 0 Å². The number of amides is 1. The van der Waals surface area contributed by atoms with Crippen molar-refractivity contribution in [1.82, 2.24) is 15.1 Å². The lowest BCUT2D eigenvalue weighted by Gasteiger charge is -2.40. The SMILES string of the molecule is CC(C)N(C)CCNC1CN(C(=O)OC(C)(C)C)C1. The van der Waals surface area contributed by atoms with E-state index in [1.807, 2.05) is 20.8 Å².